The number of hydrogen-bond acceptors (Lipinski definition) is 3. The van der Waals surface area contributed by atoms with Gasteiger partial charge in [0.1, 0.15) is 11.5 Å². The van der Waals surface area contributed by atoms with Crippen LogP contribution in [-0.2, 0) is 4.79 Å². The summed E-state index contributed by atoms with van der Waals surface area (Å²) in [5.41, 5.74) is 5.01. The molecule has 0 saturated carbocycles. The van der Waals surface area contributed by atoms with Crippen molar-refractivity contribution in [1.82, 2.24) is 10.2 Å². The van der Waals surface area contributed by atoms with E-state index in [1.54, 1.807) is 6.92 Å². The Balaban J connectivity index is 1.89. The van der Waals surface area contributed by atoms with E-state index < -0.39 is 0 Å². The zero-order valence-electron chi connectivity index (χ0n) is 17.7. The first-order valence-corrected chi connectivity index (χ1v) is 10.4. The van der Waals surface area contributed by atoms with Gasteiger partial charge in [0.15, 0.2) is 10.9 Å². The molecule has 0 spiro atoms. The lowest BCUT2D eigenvalue weighted by Crippen LogP contribution is -2.47. The van der Waals surface area contributed by atoms with Gasteiger partial charge in [-0.05, 0) is 81.2 Å². The molecule has 1 heterocycles. The van der Waals surface area contributed by atoms with Gasteiger partial charge >= 0.3 is 0 Å². The summed E-state index contributed by atoms with van der Waals surface area (Å²) < 4.78 is 6.06. The van der Waals surface area contributed by atoms with E-state index in [9.17, 15) is 4.79 Å². The van der Waals surface area contributed by atoms with E-state index in [0.29, 0.717) is 5.11 Å². The van der Waals surface area contributed by atoms with E-state index in [2.05, 4.69) is 32.2 Å². The van der Waals surface area contributed by atoms with Crippen LogP contribution < -0.4 is 10.1 Å². The van der Waals surface area contributed by atoms with Gasteiger partial charge in [0.05, 0.1) is 6.04 Å². The van der Waals surface area contributed by atoms with E-state index in [4.69, 9.17) is 17.0 Å². The largest absolute Gasteiger partial charge is 0.457 e. The Morgan fingerprint density at radius 3 is 2.45 bits per heavy atom. The Hall–Kier alpha value is -2.66. The summed E-state index contributed by atoms with van der Waals surface area (Å²) in [7, 11) is 0. The minimum Gasteiger partial charge on any atom is -0.457 e. The Bertz CT molecular complexity index is 963. The summed E-state index contributed by atoms with van der Waals surface area (Å²) in [5, 5.41) is 4.02. The molecule has 2 aromatic rings. The Morgan fingerprint density at radius 2 is 1.83 bits per heavy atom. The number of benzene rings is 2. The predicted molar refractivity (Wildman–Crippen MR) is 121 cm³/mol. The molecule has 0 amide bonds. The van der Waals surface area contributed by atoms with E-state index in [1.807, 2.05) is 48.2 Å². The standard InChI is InChI=1S/C24H28N2O2S/c1-6-14-26-17(4)22(18(5)27)23(25-24(26)29)19-10-12-20(13-11-19)28-21-9-7-8-15(2)16(21)3/h7-13,23H,6,14H2,1-5H3,(H,25,29). The molecule has 2 aromatic carbocycles. The highest BCUT2D eigenvalue weighted by atomic mass is 32.1. The molecule has 0 bridgehead atoms. The van der Waals surface area contributed by atoms with Crippen LogP contribution in [-0.4, -0.2) is 22.3 Å². The average Bonchev–Trinajstić information content (AvgIpc) is 2.68. The van der Waals surface area contributed by atoms with Gasteiger partial charge in [-0.1, -0.05) is 31.2 Å². The number of hydrogen-bond donors (Lipinski definition) is 1. The number of thiocarbonyl (C=S) groups is 1. The number of ketones is 1. The summed E-state index contributed by atoms with van der Waals surface area (Å²) in [6.45, 7) is 10.6. The van der Waals surface area contributed by atoms with Crippen molar-refractivity contribution in [2.45, 2.75) is 47.1 Å². The fourth-order valence-electron chi connectivity index (χ4n) is 3.67. The number of nitrogens with zero attached hydrogens (tertiary/aromatic N) is 1. The maximum atomic E-state index is 12.4. The number of carbonyl (C=O) groups is 1. The number of rotatable bonds is 6. The molecular weight excluding hydrogens is 380 g/mol. The number of ether oxygens (including phenoxy) is 1. The third-order valence-corrected chi connectivity index (χ3v) is 5.76. The molecule has 1 atom stereocenters. The number of carbonyl (C=O) groups excluding carboxylic acids is 1. The molecule has 5 heteroatoms. The summed E-state index contributed by atoms with van der Waals surface area (Å²) in [4.78, 5) is 14.4. The van der Waals surface area contributed by atoms with Gasteiger partial charge in [-0.15, -0.1) is 0 Å². The average molecular weight is 409 g/mol. The lowest BCUT2D eigenvalue weighted by atomic mass is 9.92. The number of nitrogens with one attached hydrogen (secondary N) is 1. The Morgan fingerprint density at radius 1 is 1.14 bits per heavy atom. The molecule has 3 rings (SSSR count). The van der Waals surface area contributed by atoms with Gasteiger partial charge in [0.25, 0.3) is 0 Å². The summed E-state index contributed by atoms with van der Waals surface area (Å²) in [6, 6.07) is 13.7. The summed E-state index contributed by atoms with van der Waals surface area (Å²) in [5.74, 6) is 1.67. The molecule has 1 aliphatic rings. The Labute approximate surface area is 178 Å². The smallest absolute Gasteiger partial charge is 0.173 e. The zero-order valence-corrected chi connectivity index (χ0v) is 18.5. The van der Waals surface area contributed by atoms with E-state index >= 15 is 0 Å². The first-order chi connectivity index (χ1) is 13.8. The van der Waals surface area contributed by atoms with Gasteiger partial charge < -0.3 is 15.0 Å². The van der Waals surface area contributed by atoms with Gasteiger partial charge in [-0.3, -0.25) is 4.79 Å². The van der Waals surface area contributed by atoms with Crippen LogP contribution >= 0.6 is 12.2 Å². The molecule has 4 nitrogen and oxygen atoms in total. The molecule has 0 aliphatic carbocycles. The lowest BCUT2D eigenvalue weighted by molar-refractivity contribution is -0.114. The third kappa shape index (κ3) is 4.35. The monoisotopic (exact) mass is 408 g/mol. The molecule has 0 saturated heterocycles. The number of Topliss-reactive ketones (excluding diaryl/α,β-unsaturated/α-hetero) is 1. The first-order valence-electron chi connectivity index (χ1n) is 9.97. The second-order valence-corrected chi connectivity index (χ2v) is 7.85. The highest BCUT2D eigenvalue weighted by molar-refractivity contribution is 7.80. The molecular formula is C24H28N2O2S. The topological polar surface area (TPSA) is 41.6 Å². The Kier molecular flexibility index (Phi) is 6.38. The first kappa shape index (κ1) is 21.1. The van der Waals surface area contributed by atoms with Crippen LogP contribution in [0.4, 0.5) is 0 Å². The maximum Gasteiger partial charge on any atom is 0.173 e. The molecule has 0 radical (unpaired) electrons. The number of allylic oxidation sites excluding steroid dienone is 1. The van der Waals surface area contributed by atoms with Crippen LogP contribution in [0, 0.1) is 13.8 Å². The zero-order chi connectivity index (χ0) is 21.1. The second-order valence-electron chi connectivity index (χ2n) is 7.46. The van der Waals surface area contributed by atoms with Crippen molar-refractivity contribution in [2.75, 3.05) is 6.54 Å². The van der Waals surface area contributed by atoms with Crippen molar-refractivity contribution in [3.63, 3.8) is 0 Å². The highest BCUT2D eigenvalue weighted by Crippen LogP contribution is 2.33. The molecule has 1 unspecified atom stereocenters. The molecule has 0 fully saturated rings. The van der Waals surface area contributed by atoms with Crippen molar-refractivity contribution >= 4 is 23.1 Å². The van der Waals surface area contributed by atoms with E-state index in [0.717, 1.165) is 46.9 Å². The minimum atomic E-state index is -0.247. The highest BCUT2D eigenvalue weighted by Gasteiger charge is 2.31. The lowest BCUT2D eigenvalue weighted by Gasteiger charge is -2.37. The predicted octanol–water partition coefficient (Wildman–Crippen LogP) is 5.60. The van der Waals surface area contributed by atoms with Crippen molar-refractivity contribution in [2.24, 2.45) is 0 Å². The van der Waals surface area contributed by atoms with Gasteiger partial charge in [0, 0.05) is 17.8 Å². The fourth-order valence-corrected chi connectivity index (χ4v) is 4.02. The second kappa shape index (κ2) is 8.78. The summed E-state index contributed by atoms with van der Waals surface area (Å²) >= 11 is 5.57. The van der Waals surface area contributed by atoms with Gasteiger partial charge in [-0.25, -0.2) is 0 Å². The van der Waals surface area contributed by atoms with E-state index in [-0.39, 0.29) is 11.8 Å². The van der Waals surface area contributed by atoms with Crippen LogP contribution in [0.3, 0.4) is 0 Å². The molecule has 0 aromatic heterocycles. The molecule has 1 N–H and O–H groups in total. The quantitative estimate of drug-likeness (QED) is 0.630. The maximum absolute atomic E-state index is 12.4. The summed E-state index contributed by atoms with van der Waals surface area (Å²) in [6.07, 6.45) is 0.958. The molecule has 1 aliphatic heterocycles. The van der Waals surface area contributed by atoms with Crippen LogP contribution in [0.25, 0.3) is 0 Å². The van der Waals surface area contributed by atoms with Crippen molar-refractivity contribution < 1.29 is 9.53 Å². The van der Waals surface area contributed by atoms with Crippen molar-refractivity contribution in [3.8, 4) is 11.5 Å². The van der Waals surface area contributed by atoms with Crippen molar-refractivity contribution in [1.29, 1.82) is 0 Å². The SMILES string of the molecule is CCCN1C(=S)NC(c2ccc(Oc3cccc(C)c3C)cc2)C(C(C)=O)=C1C. The minimum absolute atomic E-state index is 0.0549. The fraction of sp³-hybridized carbons (Fsp3) is 0.333. The van der Waals surface area contributed by atoms with E-state index in [1.165, 1.54) is 5.56 Å². The van der Waals surface area contributed by atoms with Crippen molar-refractivity contribution in [3.05, 3.63) is 70.4 Å². The number of aryl methyl sites for hydroxylation is 1. The van der Waals surface area contributed by atoms with Crippen LogP contribution in [0.2, 0.25) is 0 Å². The van der Waals surface area contributed by atoms with Crippen LogP contribution in [0.1, 0.15) is 49.9 Å². The molecule has 29 heavy (non-hydrogen) atoms. The van der Waals surface area contributed by atoms with Crippen LogP contribution in [0.15, 0.2) is 53.7 Å². The van der Waals surface area contributed by atoms with Crippen LogP contribution in [0.5, 0.6) is 11.5 Å². The normalized spacial score (nSPS) is 16.7. The van der Waals surface area contributed by atoms with Gasteiger partial charge in [-0.2, -0.15) is 0 Å². The van der Waals surface area contributed by atoms with Gasteiger partial charge in [0.2, 0.25) is 0 Å². The third-order valence-electron chi connectivity index (χ3n) is 5.42. The molecule has 152 valence electrons.